The molecule has 49 heavy (non-hydrogen) atoms. The first-order valence-corrected chi connectivity index (χ1v) is 17.0. The predicted octanol–water partition coefficient (Wildman–Crippen LogP) is 12.1. The monoisotopic (exact) mass is 813 g/mol. The third kappa shape index (κ3) is 7.65. The van der Waals surface area contributed by atoms with Gasteiger partial charge in [-0.1, -0.05) is 107 Å². The summed E-state index contributed by atoms with van der Waals surface area (Å²) in [5, 5.41) is 8.78. The first kappa shape index (κ1) is 34.2. The number of pyridine rings is 2. The van der Waals surface area contributed by atoms with Crippen molar-refractivity contribution in [3.8, 4) is 22.5 Å². The van der Waals surface area contributed by atoms with E-state index in [4.69, 9.17) is 4.98 Å². The van der Waals surface area contributed by atoms with Crippen LogP contribution in [0.2, 0.25) is 0 Å². The van der Waals surface area contributed by atoms with Crippen LogP contribution in [0.3, 0.4) is 0 Å². The Kier molecular flexibility index (Phi) is 10.6. The molecule has 245 valence electrons. The summed E-state index contributed by atoms with van der Waals surface area (Å²) in [7, 11) is 0. The van der Waals surface area contributed by atoms with Gasteiger partial charge >= 0.3 is 0 Å². The number of fused-ring (bicyclic) bond motifs is 6. The van der Waals surface area contributed by atoms with Gasteiger partial charge < -0.3 is 4.98 Å². The predicted molar refractivity (Wildman–Crippen MR) is 204 cm³/mol. The van der Waals surface area contributed by atoms with Crippen molar-refractivity contribution in [2.45, 2.75) is 40.5 Å². The Balaban J connectivity index is 0.000000205. The second kappa shape index (κ2) is 15.2. The van der Waals surface area contributed by atoms with Crippen molar-refractivity contribution < 1.29 is 20.1 Å². The Morgan fingerprint density at radius 1 is 0.571 bits per heavy atom. The number of rotatable bonds is 6. The quantitative estimate of drug-likeness (QED) is 0.123. The number of hydrogen-bond acceptors (Lipinski definition) is 2. The van der Waals surface area contributed by atoms with Crippen LogP contribution in [0.4, 0.5) is 0 Å². The van der Waals surface area contributed by atoms with Gasteiger partial charge in [0.2, 0.25) is 0 Å². The van der Waals surface area contributed by atoms with Gasteiger partial charge in [-0.25, -0.2) is 0 Å². The molecule has 2 heterocycles. The van der Waals surface area contributed by atoms with E-state index in [-0.39, 0.29) is 20.1 Å². The minimum Gasteiger partial charge on any atom is -0.304 e. The van der Waals surface area contributed by atoms with E-state index >= 15 is 0 Å². The summed E-state index contributed by atoms with van der Waals surface area (Å²) in [4.78, 5) is 9.47. The Hall–Kier alpha value is -4.69. The summed E-state index contributed by atoms with van der Waals surface area (Å²) in [6.45, 7) is 9.11. The van der Waals surface area contributed by atoms with E-state index < -0.39 is 0 Å². The molecule has 0 spiro atoms. The van der Waals surface area contributed by atoms with Crippen molar-refractivity contribution in [3.05, 3.63) is 157 Å². The molecule has 0 fully saturated rings. The molecule has 0 amide bonds. The first-order valence-electron chi connectivity index (χ1n) is 17.0. The molecule has 0 aliphatic carbocycles. The SMILES string of the molecule is CC(C)Cc1[c-]c(-c2nccc3c2ccc2c4ccccc4ccc32)cc(CC(C)C)c1.[Ir].[c-]1ccccc1-c1ccc2ccccc2n1. The summed E-state index contributed by atoms with van der Waals surface area (Å²) in [6.07, 6.45) is 4.07. The molecule has 8 aromatic rings. The molecule has 0 saturated carbocycles. The van der Waals surface area contributed by atoms with Gasteiger partial charge in [-0.3, -0.25) is 4.98 Å². The van der Waals surface area contributed by atoms with E-state index in [1.807, 2.05) is 54.7 Å². The summed E-state index contributed by atoms with van der Waals surface area (Å²) in [5.74, 6) is 1.22. The number of para-hydroxylation sites is 1. The smallest absolute Gasteiger partial charge is 0.0595 e. The zero-order valence-electron chi connectivity index (χ0n) is 28.5. The second-order valence-corrected chi connectivity index (χ2v) is 13.5. The summed E-state index contributed by atoms with van der Waals surface area (Å²) in [5.41, 5.74) is 7.86. The van der Waals surface area contributed by atoms with Gasteiger partial charge in [0.1, 0.15) is 0 Å². The Morgan fingerprint density at radius 2 is 1.24 bits per heavy atom. The molecule has 0 aliphatic heterocycles. The van der Waals surface area contributed by atoms with Gasteiger partial charge in [-0.2, -0.15) is 0 Å². The third-order valence-electron chi connectivity index (χ3n) is 8.76. The Labute approximate surface area is 303 Å². The standard InChI is InChI=1S/C31H30N.C15H10N.Ir/c1-20(2)15-22-17-23(16-21(3)4)19-25(18-22)31-30-12-11-27-26-8-6-5-7-24(26)9-10-28(27)29(30)13-14-32-31;1-2-6-12(7-3-1)15-11-10-13-8-4-5-9-14(13)16-15;/h5-14,17-18,20-21H,15-16H2,1-4H3;1-6,8-11H;/q2*-1;. The minimum absolute atomic E-state index is 0. The van der Waals surface area contributed by atoms with E-state index in [1.165, 1.54) is 48.8 Å². The maximum absolute atomic E-state index is 4.86. The molecule has 0 N–H and O–H groups in total. The van der Waals surface area contributed by atoms with Crippen molar-refractivity contribution in [2.75, 3.05) is 0 Å². The van der Waals surface area contributed by atoms with Crippen molar-refractivity contribution in [3.63, 3.8) is 0 Å². The molecule has 0 unspecified atom stereocenters. The zero-order chi connectivity index (χ0) is 33.0. The van der Waals surface area contributed by atoms with E-state index in [0.29, 0.717) is 11.8 Å². The third-order valence-corrected chi connectivity index (χ3v) is 8.76. The fraction of sp³-hybridized carbons (Fsp3) is 0.174. The molecule has 2 aromatic heterocycles. The molecule has 2 nitrogen and oxygen atoms in total. The molecule has 1 radical (unpaired) electrons. The van der Waals surface area contributed by atoms with Gasteiger partial charge in [0.15, 0.2) is 0 Å². The molecule has 3 heteroatoms. The van der Waals surface area contributed by atoms with Crippen LogP contribution in [0.25, 0.3) is 65.7 Å². The molecule has 8 rings (SSSR count). The molecular weight excluding hydrogens is 773 g/mol. The van der Waals surface area contributed by atoms with Crippen LogP contribution >= 0.6 is 0 Å². The fourth-order valence-corrected chi connectivity index (χ4v) is 6.70. The zero-order valence-corrected chi connectivity index (χ0v) is 30.9. The fourth-order valence-electron chi connectivity index (χ4n) is 6.70. The van der Waals surface area contributed by atoms with Crippen LogP contribution in [-0.2, 0) is 32.9 Å². The van der Waals surface area contributed by atoms with Gasteiger partial charge in [-0.05, 0) is 85.9 Å². The number of benzene rings is 6. The average molecular weight is 813 g/mol. The number of hydrogen-bond donors (Lipinski definition) is 0. The molecule has 0 bridgehead atoms. The molecular formula is C46H40IrN2-2. The molecule has 6 aromatic carbocycles. The normalized spacial score (nSPS) is 11.2. The van der Waals surface area contributed by atoms with Crippen LogP contribution in [-0.4, -0.2) is 9.97 Å². The molecule has 0 saturated heterocycles. The van der Waals surface area contributed by atoms with Crippen LogP contribution in [0, 0.1) is 24.0 Å². The Morgan fingerprint density at radius 3 is 2.04 bits per heavy atom. The summed E-state index contributed by atoms with van der Waals surface area (Å²) in [6, 6.07) is 51.5. The molecule has 0 aliphatic rings. The maximum Gasteiger partial charge on any atom is 0.0595 e. The van der Waals surface area contributed by atoms with E-state index in [0.717, 1.165) is 40.9 Å². The van der Waals surface area contributed by atoms with Gasteiger partial charge in [0, 0.05) is 26.3 Å². The minimum atomic E-state index is 0. The van der Waals surface area contributed by atoms with E-state index in [9.17, 15) is 0 Å². The van der Waals surface area contributed by atoms with Crippen molar-refractivity contribution in [2.24, 2.45) is 11.8 Å². The van der Waals surface area contributed by atoms with Crippen LogP contribution in [0.5, 0.6) is 0 Å². The number of aromatic nitrogens is 2. The second-order valence-electron chi connectivity index (χ2n) is 13.5. The van der Waals surface area contributed by atoms with Gasteiger partial charge in [0.25, 0.3) is 0 Å². The van der Waals surface area contributed by atoms with Crippen molar-refractivity contribution >= 4 is 43.2 Å². The van der Waals surface area contributed by atoms with Crippen molar-refractivity contribution in [1.29, 1.82) is 0 Å². The topological polar surface area (TPSA) is 25.8 Å². The van der Waals surface area contributed by atoms with Crippen molar-refractivity contribution in [1.82, 2.24) is 9.97 Å². The molecule has 0 atom stereocenters. The van der Waals surface area contributed by atoms with Crippen LogP contribution in [0.1, 0.15) is 38.8 Å². The van der Waals surface area contributed by atoms with Crippen LogP contribution < -0.4 is 0 Å². The van der Waals surface area contributed by atoms with Gasteiger partial charge in [-0.15, -0.1) is 70.8 Å². The van der Waals surface area contributed by atoms with E-state index in [2.05, 4.69) is 124 Å². The van der Waals surface area contributed by atoms with Gasteiger partial charge in [0.05, 0.1) is 5.52 Å². The maximum atomic E-state index is 4.86. The average Bonchev–Trinajstić information content (AvgIpc) is 3.11. The summed E-state index contributed by atoms with van der Waals surface area (Å²) >= 11 is 0. The Bertz CT molecular complexity index is 2330. The largest absolute Gasteiger partial charge is 0.304 e. The van der Waals surface area contributed by atoms with Crippen LogP contribution in [0.15, 0.2) is 134 Å². The van der Waals surface area contributed by atoms with E-state index in [1.54, 1.807) is 0 Å². The number of nitrogens with zero attached hydrogens (tertiary/aromatic N) is 2. The summed E-state index contributed by atoms with van der Waals surface area (Å²) < 4.78 is 0. The first-order chi connectivity index (χ1) is 23.4.